The molecule has 1 aromatic carbocycles. The first-order valence-electron chi connectivity index (χ1n) is 11.2. The molecule has 1 fully saturated rings. The first kappa shape index (κ1) is 22.4. The molecule has 0 saturated heterocycles. The molecule has 11 heteroatoms. The zero-order chi connectivity index (χ0) is 25.0. The highest BCUT2D eigenvalue weighted by molar-refractivity contribution is 7.93. The van der Waals surface area contributed by atoms with E-state index in [-0.39, 0.29) is 11.4 Å². The summed E-state index contributed by atoms with van der Waals surface area (Å²) < 4.78 is 59.4. The Bertz CT molecular complexity index is 1740. The van der Waals surface area contributed by atoms with Crippen LogP contribution in [0.5, 0.6) is 0 Å². The molecule has 8 nitrogen and oxygen atoms in total. The van der Waals surface area contributed by atoms with E-state index in [4.69, 9.17) is 0 Å². The van der Waals surface area contributed by atoms with E-state index in [9.17, 15) is 17.2 Å². The Morgan fingerprint density at radius 1 is 0.917 bits per heavy atom. The maximum Gasteiger partial charge on any atom is 0.235 e. The van der Waals surface area contributed by atoms with Crippen LogP contribution in [0.4, 0.5) is 14.5 Å². The van der Waals surface area contributed by atoms with Crippen LogP contribution in [-0.4, -0.2) is 38.0 Å². The summed E-state index contributed by atoms with van der Waals surface area (Å²) in [6.07, 6.45) is 9.32. The zero-order valence-corrected chi connectivity index (χ0v) is 19.9. The van der Waals surface area contributed by atoms with Crippen LogP contribution < -0.4 is 4.72 Å². The van der Waals surface area contributed by atoms with Crippen LogP contribution >= 0.6 is 0 Å². The minimum Gasteiger partial charge on any atom is -0.283 e. The number of aromatic nitrogens is 5. The number of rotatable bonds is 6. The third-order valence-corrected chi connectivity index (χ3v) is 7.97. The number of hydrogen-bond donors (Lipinski definition) is 1. The van der Waals surface area contributed by atoms with Crippen LogP contribution in [0.1, 0.15) is 12.8 Å². The monoisotopic (exact) mass is 506 g/mol. The molecule has 0 atom stereocenters. The maximum absolute atomic E-state index is 14.6. The van der Waals surface area contributed by atoms with E-state index in [1.54, 1.807) is 33.7 Å². The van der Waals surface area contributed by atoms with E-state index in [0.717, 1.165) is 28.9 Å². The van der Waals surface area contributed by atoms with Gasteiger partial charge in [0.2, 0.25) is 10.0 Å². The Hall–Kier alpha value is -4.12. The van der Waals surface area contributed by atoms with Gasteiger partial charge in [-0.1, -0.05) is 6.07 Å². The van der Waals surface area contributed by atoms with Crippen molar-refractivity contribution in [2.24, 2.45) is 7.05 Å². The molecule has 5 aromatic rings. The Labute approximate surface area is 205 Å². The number of anilines is 1. The van der Waals surface area contributed by atoms with Crippen LogP contribution in [0.15, 0.2) is 67.4 Å². The number of sulfonamides is 1. The third kappa shape index (κ3) is 4.11. The molecule has 0 radical (unpaired) electrons. The molecule has 4 heterocycles. The summed E-state index contributed by atoms with van der Waals surface area (Å²) in [5, 5.41) is 8.24. The average Bonchev–Trinajstić information content (AvgIpc) is 3.49. The number of nitrogens with zero attached hydrogens (tertiary/aromatic N) is 5. The van der Waals surface area contributed by atoms with Gasteiger partial charge >= 0.3 is 0 Å². The molecule has 4 aromatic heterocycles. The number of aryl methyl sites for hydroxylation is 1. The van der Waals surface area contributed by atoms with Crippen molar-refractivity contribution < 1.29 is 17.2 Å². The topological polar surface area (TPSA) is 94.2 Å². The summed E-state index contributed by atoms with van der Waals surface area (Å²) >= 11 is 0. The molecular formula is C25H20F2N6O2S. The van der Waals surface area contributed by atoms with E-state index in [0.29, 0.717) is 29.5 Å². The first-order chi connectivity index (χ1) is 17.3. The normalized spacial score (nSPS) is 13.9. The first-order valence-corrected chi connectivity index (χ1v) is 12.8. The van der Waals surface area contributed by atoms with Gasteiger partial charge in [-0.25, -0.2) is 21.7 Å². The second-order valence-electron chi connectivity index (χ2n) is 8.84. The maximum atomic E-state index is 14.6. The van der Waals surface area contributed by atoms with Crippen molar-refractivity contribution >= 4 is 21.2 Å². The number of halogens is 2. The highest BCUT2D eigenvalue weighted by Gasteiger charge is 2.35. The minimum atomic E-state index is -3.57. The molecule has 6 rings (SSSR count). The molecule has 0 amide bonds. The number of pyridine rings is 2. The predicted molar refractivity (Wildman–Crippen MR) is 132 cm³/mol. The van der Waals surface area contributed by atoms with Gasteiger partial charge in [-0.05, 0) is 42.7 Å². The Morgan fingerprint density at radius 3 is 2.44 bits per heavy atom. The number of nitrogens with one attached hydrogen (secondary N) is 1. The van der Waals surface area contributed by atoms with Gasteiger partial charge in [-0.15, -0.1) is 0 Å². The molecule has 36 heavy (non-hydrogen) atoms. The Balaban J connectivity index is 1.47. The average molecular weight is 507 g/mol. The van der Waals surface area contributed by atoms with Gasteiger partial charge in [0.25, 0.3) is 0 Å². The number of fused-ring (bicyclic) bond motifs is 1. The highest BCUT2D eigenvalue weighted by Crippen LogP contribution is 2.36. The second-order valence-corrected chi connectivity index (χ2v) is 10.8. The summed E-state index contributed by atoms with van der Waals surface area (Å²) in [6, 6.07) is 9.46. The van der Waals surface area contributed by atoms with Crippen molar-refractivity contribution in [3.63, 3.8) is 0 Å². The molecule has 182 valence electrons. The lowest BCUT2D eigenvalue weighted by atomic mass is 10.0. The third-order valence-electron chi connectivity index (χ3n) is 6.10. The lowest BCUT2D eigenvalue weighted by Crippen LogP contribution is -2.17. The standard InChI is InChI=1S/C25H20F2N6O2S/c1-32-13-18(10-29-32)15-2-5-24-22(12-30-33(24)14-15)16-6-17(25-23(27)9-19(26)11-28-25)8-20(7-16)31-36(34,35)21-3-4-21/h2,5-14,21,31H,3-4H2,1H3. The van der Waals surface area contributed by atoms with Crippen LogP contribution in [0, 0.1) is 11.6 Å². The summed E-state index contributed by atoms with van der Waals surface area (Å²) in [5.41, 5.74) is 4.45. The van der Waals surface area contributed by atoms with Gasteiger partial charge in [-0.3, -0.25) is 14.4 Å². The van der Waals surface area contributed by atoms with Crippen LogP contribution in [0.2, 0.25) is 0 Å². The number of hydrogen-bond acceptors (Lipinski definition) is 5. The van der Waals surface area contributed by atoms with E-state index in [1.807, 2.05) is 31.6 Å². The molecule has 0 bridgehead atoms. The summed E-state index contributed by atoms with van der Waals surface area (Å²) in [7, 11) is -1.73. The number of benzene rings is 1. The van der Waals surface area contributed by atoms with Crippen molar-refractivity contribution in [3.8, 4) is 33.5 Å². The predicted octanol–water partition coefficient (Wildman–Crippen LogP) is 4.65. The molecular weight excluding hydrogens is 486 g/mol. The van der Waals surface area contributed by atoms with Gasteiger partial charge in [0.1, 0.15) is 11.5 Å². The smallest absolute Gasteiger partial charge is 0.235 e. The molecule has 0 aliphatic heterocycles. The highest BCUT2D eigenvalue weighted by atomic mass is 32.2. The fourth-order valence-corrected chi connectivity index (χ4v) is 5.55. The van der Waals surface area contributed by atoms with Gasteiger partial charge in [0, 0.05) is 53.4 Å². The van der Waals surface area contributed by atoms with Gasteiger partial charge in [0.15, 0.2) is 5.82 Å². The van der Waals surface area contributed by atoms with E-state index >= 15 is 0 Å². The SMILES string of the molecule is Cn1cc(-c2ccc3c(-c4cc(NS(=O)(=O)C5CC5)cc(-c5ncc(F)cc5F)c4)cnn3c2)cn1. The Morgan fingerprint density at radius 2 is 1.72 bits per heavy atom. The van der Waals surface area contributed by atoms with Crippen LogP contribution in [-0.2, 0) is 17.1 Å². The second kappa shape index (κ2) is 8.23. The van der Waals surface area contributed by atoms with E-state index < -0.39 is 26.9 Å². The van der Waals surface area contributed by atoms with Crippen molar-refractivity contribution in [2.45, 2.75) is 18.1 Å². The summed E-state index contributed by atoms with van der Waals surface area (Å²) in [5.74, 6) is -1.64. The molecule has 0 unspecified atom stereocenters. The lowest BCUT2D eigenvalue weighted by Gasteiger charge is -2.12. The molecule has 1 aliphatic carbocycles. The molecule has 0 spiro atoms. The minimum absolute atomic E-state index is 0.0829. The fourth-order valence-electron chi connectivity index (χ4n) is 4.18. The van der Waals surface area contributed by atoms with Crippen LogP contribution in [0.3, 0.4) is 0 Å². The lowest BCUT2D eigenvalue weighted by molar-refractivity contribution is 0.576. The fraction of sp³-hybridized carbons (Fsp3) is 0.160. The molecule has 1 N–H and O–H groups in total. The van der Waals surface area contributed by atoms with Gasteiger partial charge in [-0.2, -0.15) is 10.2 Å². The van der Waals surface area contributed by atoms with Crippen LogP contribution in [0.25, 0.3) is 39.0 Å². The molecule has 1 aliphatic rings. The zero-order valence-electron chi connectivity index (χ0n) is 19.1. The van der Waals surface area contributed by atoms with Crippen molar-refractivity contribution in [3.05, 3.63) is 79.0 Å². The quantitative estimate of drug-likeness (QED) is 0.362. The van der Waals surface area contributed by atoms with Crippen molar-refractivity contribution in [2.75, 3.05) is 4.72 Å². The van der Waals surface area contributed by atoms with E-state index in [2.05, 4.69) is 19.9 Å². The largest absolute Gasteiger partial charge is 0.283 e. The molecule has 1 saturated carbocycles. The summed E-state index contributed by atoms with van der Waals surface area (Å²) in [6.45, 7) is 0. The van der Waals surface area contributed by atoms with Crippen molar-refractivity contribution in [1.82, 2.24) is 24.4 Å². The van der Waals surface area contributed by atoms with Crippen molar-refractivity contribution in [1.29, 1.82) is 0 Å². The van der Waals surface area contributed by atoms with E-state index in [1.165, 1.54) is 6.07 Å². The van der Waals surface area contributed by atoms with Gasteiger partial charge in [0.05, 0.1) is 29.4 Å². The summed E-state index contributed by atoms with van der Waals surface area (Å²) in [4.78, 5) is 3.91. The van der Waals surface area contributed by atoms with Gasteiger partial charge < -0.3 is 0 Å². The Kier molecular flexibility index (Phi) is 5.11.